The molecule has 1 saturated heterocycles. The van der Waals surface area contributed by atoms with E-state index in [2.05, 4.69) is 15.4 Å². The van der Waals surface area contributed by atoms with Gasteiger partial charge in [0.15, 0.2) is 0 Å². The molecule has 1 aliphatic heterocycles. The molecule has 1 heterocycles. The van der Waals surface area contributed by atoms with Crippen LogP contribution in [0.1, 0.15) is 19.3 Å². The number of hydrogen-bond donors (Lipinski definition) is 4. The van der Waals surface area contributed by atoms with E-state index >= 15 is 0 Å². The number of ether oxygens (including phenoxy) is 1. The number of anilines is 1. The van der Waals surface area contributed by atoms with Gasteiger partial charge in [-0.1, -0.05) is 30.3 Å². The van der Waals surface area contributed by atoms with E-state index in [0.717, 1.165) is 6.07 Å². The molecule has 10 heteroatoms. The molecule has 2 aromatic carbocycles. The first-order valence-corrected chi connectivity index (χ1v) is 11.5. The van der Waals surface area contributed by atoms with Crippen LogP contribution in [0.4, 0.5) is 14.9 Å². The van der Waals surface area contributed by atoms with E-state index in [9.17, 15) is 22.7 Å². The zero-order chi connectivity index (χ0) is 22.3. The topological polar surface area (TPSA) is 117 Å². The number of rotatable bonds is 8. The highest BCUT2D eigenvalue weighted by Crippen LogP contribution is 2.22. The summed E-state index contributed by atoms with van der Waals surface area (Å²) in [6.45, 7) is -0.222. The van der Waals surface area contributed by atoms with Gasteiger partial charge >= 0.3 is 6.03 Å². The lowest BCUT2D eigenvalue weighted by Gasteiger charge is -2.36. The monoisotopic (exact) mass is 451 g/mol. The summed E-state index contributed by atoms with van der Waals surface area (Å²) >= 11 is 0. The Kier molecular flexibility index (Phi) is 7.97. The van der Waals surface area contributed by atoms with Gasteiger partial charge in [-0.2, -0.15) is 0 Å². The van der Waals surface area contributed by atoms with Crippen LogP contribution in [0, 0.1) is 5.82 Å². The van der Waals surface area contributed by atoms with Crippen molar-refractivity contribution in [3.8, 4) is 0 Å². The molecule has 31 heavy (non-hydrogen) atoms. The number of aliphatic hydroxyl groups excluding tert-OH is 1. The lowest BCUT2D eigenvalue weighted by Crippen LogP contribution is -2.52. The Balaban J connectivity index is 1.47. The van der Waals surface area contributed by atoms with Gasteiger partial charge in [0.05, 0.1) is 18.8 Å². The number of halogens is 1. The second-order valence-corrected chi connectivity index (χ2v) is 8.98. The molecule has 0 aromatic heterocycles. The van der Waals surface area contributed by atoms with Crippen LogP contribution < -0.4 is 15.4 Å². The maximum atomic E-state index is 13.7. The van der Waals surface area contributed by atoms with Gasteiger partial charge in [-0.25, -0.2) is 22.3 Å². The van der Waals surface area contributed by atoms with Gasteiger partial charge in [-0.15, -0.1) is 0 Å². The number of carbonyl (C=O) groups is 1. The third-order valence-corrected chi connectivity index (χ3v) is 6.52. The fraction of sp³-hybridized carbons (Fsp3) is 0.381. The first-order valence-electron chi connectivity index (χ1n) is 10.0. The molecule has 1 aliphatic rings. The third kappa shape index (κ3) is 6.47. The zero-order valence-corrected chi connectivity index (χ0v) is 17.6. The zero-order valence-electron chi connectivity index (χ0n) is 16.8. The predicted octanol–water partition coefficient (Wildman–Crippen LogP) is 2.22. The Bertz CT molecular complexity index is 974. The summed E-state index contributed by atoms with van der Waals surface area (Å²) in [6.07, 6.45) is 0.596. The molecule has 0 radical (unpaired) electrons. The number of urea groups is 1. The molecule has 2 amide bonds. The highest BCUT2D eigenvalue weighted by Gasteiger charge is 2.32. The van der Waals surface area contributed by atoms with Crippen LogP contribution in [0.25, 0.3) is 0 Å². The smallest absolute Gasteiger partial charge is 0.319 e. The SMILES string of the molecule is O=C(Nc1ccccc1)N[C@H]1CC[C@@H](CCNS(=O)(=O)c2ccccc2F)O[C@H]1CO. The predicted molar refractivity (Wildman–Crippen MR) is 114 cm³/mol. The Morgan fingerprint density at radius 1 is 1.10 bits per heavy atom. The molecule has 0 aliphatic carbocycles. The van der Waals surface area contributed by atoms with Gasteiger partial charge in [0.25, 0.3) is 0 Å². The molecule has 0 spiro atoms. The molecule has 1 fully saturated rings. The van der Waals surface area contributed by atoms with E-state index < -0.39 is 32.9 Å². The Morgan fingerprint density at radius 2 is 1.81 bits per heavy atom. The Morgan fingerprint density at radius 3 is 2.52 bits per heavy atom. The van der Waals surface area contributed by atoms with Crippen LogP contribution >= 0.6 is 0 Å². The Hall–Kier alpha value is -2.53. The van der Waals surface area contributed by atoms with Gasteiger partial charge < -0.3 is 20.5 Å². The standard InChI is InChI=1S/C21H26FN3O5S/c22-17-8-4-5-9-20(17)31(28,29)23-13-12-16-10-11-18(19(14-26)30-16)25-21(27)24-15-6-2-1-3-7-15/h1-9,16,18-19,23,26H,10-14H2,(H2,24,25,27)/t16-,18-,19-/m0/s1. The number of carbonyl (C=O) groups excluding carboxylic acids is 1. The van der Waals surface area contributed by atoms with E-state index in [-0.39, 0.29) is 25.3 Å². The summed E-state index contributed by atoms with van der Waals surface area (Å²) in [4.78, 5) is 11.8. The van der Waals surface area contributed by atoms with Crippen molar-refractivity contribution in [1.29, 1.82) is 0 Å². The maximum Gasteiger partial charge on any atom is 0.319 e. The number of amides is 2. The average molecular weight is 452 g/mol. The van der Waals surface area contributed by atoms with Crippen LogP contribution in [-0.4, -0.2) is 51.0 Å². The number of nitrogens with one attached hydrogen (secondary N) is 3. The molecule has 2 aromatic rings. The number of para-hydroxylation sites is 1. The van der Waals surface area contributed by atoms with Crippen LogP contribution in [0.2, 0.25) is 0 Å². The number of aliphatic hydroxyl groups is 1. The van der Waals surface area contributed by atoms with Crippen molar-refractivity contribution in [2.45, 2.75) is 42.4 Å². The van der Waals surface area contributed by atoms with E-state index in [1.807, 2.05) is 6.07 Å². The molecule has 8 nitrogen and oxygen atoms in total. The lowest BCUT2D eigenvalue weighted by molar-refractivity contribution is -0.0884. The summed E-state index contributed by atoms with van der Waals surface area (Å²) in [5.74, 6) is -0.813. The molecule has 4 N–H and O–H groups in total. The largest absolute Gasteiger partial charge is 0.394 e. The minimum atomic E-state index is -3.96. The summed E-state index contributed by atoms with van der Waals surface area (Å²) in [6, 6.07) is 13.4. The number of benzene rings is 2. The van der Waals surface area contributed by atoms with Gasteiger partial charge in [0.2, 0.25) is 10.0 Å². The van der Waals surface area contributed by atoms with Crippen LogP contribution in [0.3, 0.4) is 0 Å². The van der Waals surface area contributed by atoms with Crippen molar-refractivity contribution < 1.29 is 27.4 Å². The van der Waals surface area contributed by atoms with Crippen molar-refractivity contribution in [3.63, 3.8) is 0 Å². The van der Waals surface area contributed by atoms with E-state index in [1.54, 1.807) is 24.3 Å². The second-order valence-electron chi connectivity index (χ2n) is 7.24. The fourth-order valence-corrected chi connectivity index (χ4v) is 4.59. The molecule has 0 saturated carbocycles. The number of sulfonamides is 1. The second kappa shape index (κ2) is 10.7. The highest BCUT2D eigenvalue weighted by molar-refractivity contribution is 7.89. The van der Waals surface area contributed by atoms with Crippen molar-refractivity contribution in [1.82, 2.24) is 10.0 Å². The van der Waals surface area contributed by atoms with Crippen LogP contribution in [-0.2, 0) is 14.8 Å². The molecular formula is C21H26FN3O5S. The summed E-state index contributed by atoms with van der Waals surface area (Å²) in [5.41, 5.74) is 0.650. The quantitative estimate of drug-likeness (QED) is 0.491. The van der Waals surface area contributed by atoms with Gasteiger partial charge in [-0.05, 0) is 43.5 Å². The van der Waals surface area contributed by atoms with E-state index in [4.69, 9.17) is 4.74 Å². The van der Waals surface area contributed by atoms with Gasteiger partial charge in [0.1, 0.15) is 16.8 Å². The van der Waals surface area contributed by atoms with Crippen LogP contribution in [0.5, 0.6) is 0 Å². The first kappa shape index (κ1) is 23.1. The van der Waals surface area contributed by atoms with Crippen molar-refractivity contribution in [2.24, 2.45) is 0 Å². The highest BCUT2D eigenvalue weighted by atomic mass is 32.2. The first-order chi connectivity index (χ1) is 14.9. The summed E-state index contributed by atoms with van der Waals surface area (Å²) in [5, 5.41) is 15.2. The molecule has 168 valence electrons. The summed E-state index contributed by atoms with van der Waals surface area (Å²) < 4.78 is 46.5. The van der Waals surface area contributed by atoms with Crippen molar-refractivity contribution in [3.05, 3.63) is 60.4 Å². The minimum absolute atomic E-state index is 0.0616. The fourth-order valence-electron chi connectivity index (χ4n) is 3.46. The van der Waals surface area contributed by atoms with Gasteiger partial charge in [0, 0.05) is 12.2 Å². The number of hydrogen-bond acceptors (Lipinski definition) is 5. The maximum absolute atomic E-state index is 13.7. The lowest BCUT2D eigenvalue weighted by atomic mass is 9.97. The van der Waals surface area contributed by atoms with Crippen molar-refractivity contribution >= 4 is 21.7 Å². The molecule has 0 bridgehead atoms. The Labute approximate surface area is 180 Å². The normalized spacial score (nSPS) is 21.4. The molecular weight excluding hydrogens is 425 g/mol. The summed E-state index contributed by atoms with van der Waals surface area (Å²) in [7, 11) is -3.96. The van der Waals surface area contributed by atoms with Crippen molar-refractivity contribution in [2.75, 3.05) is 18.5 Å². The average Bonchev–Trinajstić information content (AvgIpc) is 2.75. The molecule has 3 rings (SSSR count). The minimum Gasteiger partial charge on any atom is -0.394 e. The van der Waals surface area contributed by atoms with Crippen LogP contribution in [0.15, 0.2) is 59.5 Å². The molecule has 3 atom stereocenters. The van der Waals surface area contributed by atoms with E-state index in [1.165, 1.54) is 18.2 Å². The molecule has 0 unspecified atom stereocenters. The third-order valence-electron chi connectivity index (χ3n) is 5.03. The van der Waals surface area contributed by atoms with E-state index in [0.29, 0.717) is 24.9 Å². The van der Waals surface area contributed by atoms with Gasteiger partial charge in [-0.3, -0.25) is 0 Å².